The zero-order valence-electron chi connectivity index (χ0n) is 12.3. The van der Waals surface area contributed by atoms with Gasteiger partial charge in [0.25, 0.3) is 0 Å². The number of nitrogens with one attached hydrogen (secondary N) is 1. The van der Waals surface area contributed by atoms with Gasteiger partial charge in [0.2, 0.25) is 0 Å². The van der Waals surface area contributed by atoms with Gasteiger partial charge in [-0.25, -0.2) is 0 Å². The molecule has 112 valence electrons. The smallest absolute Gasteiger partial charge is 0.326 e. The fourth-order valence-corrected chi connectivity index (χ4v) is 4.45. The average Bonchev–Trinajstić information content (AvgIpc) is 2.38. The number of carbonyl (C=O) groups is 1. The van der Waals surface area contributed by atoms with E-state index in [0.717, 1.165) is 38.6 Å². The highest BCUT2D eigenvalue weighted by Gasteiger charge is 2.43. The molecular weight excluding hydrogens is 262 g/mol. The molecule has 0 aromatic rings. The van der Waals surface area contributed by atoms with Crippen LogP contribution in [-0.4, -0.2) is 47.4 Å². The second-order valence-corrected chi connectivity index (χ2v) is 7.02. The molecule has 0 saturated heterocycles. The standard InChI is InChI=1S/C14H27NO3S/c1-4-15-14(13(17)18-3)8-5-6-12(10-14)19-11(2)7-9-16/h11-12,15-16H,4-10H2,1-3H3. The van der Waals surface area contributed by atoms with Crippen molar-refractivity contribution in [2.75, 3.05) is 20.3 Å². The molecule has 0 bridgehead atoms. The first-order valence-corrected chi connectivity index (χ1v) is 8.12. The van der Waals surface area contributed by atoms with Gasteiger partial charge < -0.3 is 15.2 Å². The second-order valence-electron chi connectivity index (χ2n) is 5.28. The fraction of sp³-hybridized carbons (Fsp3) is 0.929. The Kier molecular flexibility index (Phi) is 7.18. The second kappa shape index (κ2) is 8.12. The fourth-order valence-electron chi connectivity index (χ4n) is 2.87. The Morgan fingerprint density at radius 1 is 1.63 bits per heavy atom. The van der Waals surface area contributed by atoms with E-state index in [2.05, 4.69) is 12.2 Å². The summed E-state index contributed by atoms with van der Waals surface area (Å²) in [4.78, 5) is 12.1. The predicted octanol–water partition coefficient (Wildman–Crippen LogP) is 1.95. The van der Waals surface area contributed by atoms with Crippen molar-refractivity contribution in [3.8, 4) is 0 Å². The number of aliphatic hydroxyl groups excluding tert-OH is 1. The molecule has 0 aromatic carbocycles. The molecule has 2 N–H and O–H groups in total. The number of ether oxygens (including phenoxy) is 1. The van der Waals surface area contributed by atoms with E-state index in [0.29, 0.717) is 10.5 Å². The minimum Gasteiger partial charge on any atom is -0.468 e. The summed E-state index contributed by atoms with van der Waals surface area (Å²) in [5, 5.41) is 13.2. The summed E-state index contributed by atoms with van der Waals surface area (Å²) in [6, 6.07) is 0. The number of esters is 1. The largest absolute Gasteiger partial charge is 0.468 e. The van der Waals surface area contributed by atoms with E-state index < -0.39 is 5.54 Å². The molecule has 1 saturated carbocycles. The Morgan fingerprint density at radius 3 is 2.95 bits per heavy atom. The first kappa shape index (κ1) is 16.8. The number of aliphatic hydroxyl groups is 1. The summed E-state index contributed by atoms with van der Waals surface area (Å²) in [7, 11) is 1.46. The number of rotatable bonds is 7. The lowest BCUT2D eigenvalue weighted by Crippen LogP contribution is -2.56. The number of thioether (sulfide) groups is 1. The van der Waals surface area contributed by atoms with Crippen LogP contribution in [0.25, 0.3) is 0 Å². The summed E-state index contributed by atoms with van der Waals surface area (Å²) in [6.07, 6.45) is 4.69. The van der Waals surface area contributed by atoms with E-state index in [1.165, 1.54) is 7.11 Å². The molecule has 0 heterocycles. The highest BCUT2D eigenvalue weighted by atomic mass is 32.2. The average molecular weight is 289 g/mol. The van der Waals surface area contributed by atoms with E-state index in [4.69, 9.17) is 9.84 Å². The van der Waals surface area contributed by atoms with Gasteiger partial charge in [0.1, 0.15) is 5.54 Å². The van der Waals surface area contributed by atoms with Crippen LogP contribution in [-0.2, 0) is 9.53 Å². The van der Waals surface area contributed by atoms with Crippen LogP contribution < -0.4 is 5.32 Å². The van der Waals surface area contributed by atoms with Gasteiger partial charge in [-0.05, 0) is 38.6 Å². The summed E-state index contributed by atoms with van der Waals surface area (Å²) >= 11 is 1.89. The van der Waals surface area contributed by atoms with Crippen molar-refractivity contribution in [1.29, 1.82) is 0 Å². The van der Waals surface area contributed by atoms with E-state index in [1.807, 2.05) is 18.7 Å². The third kappa shape index (κ3) is 4.65. The van der Waals surface area contributed by atoms with Gasteiger partial charge in [-0.1, -0.05) is 13.8 Å². The predicted molar refractivity (Wildman–Crippen MR) is 79.4 cm³/mol. The molecule has 0 spiro atoms. The molecule has 0 aliphatic heterocycles. The van der Waals surface area contributed by atoms with E-state index in [-0.39, 0.29) is 12.6 Å². The van der Waals surface area contributed by atoms with Gasteiger partial charge in [0, 0.05) is 17.1 Å². The van der Waals surface area contributed by atoms with Crippen LogP contribution in [0.2, 0.25) is 0 Å². The SMILES string of the molecule is CCNC1(C(=O)OC)CCCC(SC(C)CCO)C1. The van der Waals surface area contributed by atoms with Crippen molar-refractivity contribution in [3.63, 3.8) is 0 Å². The summed E-state index contributed by atoms with van der Waals surface area (Å²) in [5.74, 6) is -0.130. The van der Waals surface area contributed by atoms with E-state index in [9.17, 15) is 4.79 Å². The molecule has 19 heavy (non-hydrogen) atoms. The van der Waals surface area contributed by atoms with Gasteiger partial charge in [-0.3, -0.25) is 4.79 Å². The number of hydrogen-bond acceptors (Lipinski definition) is 5. The molecule has 3 atom stereocenters. The zero-order valence-corrected chi connectivity index (χ0v) is 13.1. The van der Waals surface area contributed by atoms with Crippen molar-refractivity contribution >= 4 is 17.7 Å². The minimum atomic E-state index is -0.502. The first-order valence-electron chi connectivity index (χ1n) is 7.17. The molecule has 1 aliphatic rings. The molecule has 1 fully saturated rings. The number of carbonyl (C=O) groups excluding carboxylic acids is 1. The molecule has 4 nitrogen and oxygen atoms in total. The third-order valence-electron chi connectivity index (χ3n) is 3.76. The van der Waals surface area contributed by atoms with Crippen molar-refractivity contribution in [2.24, 2.45) is 0 Å². The lowest BCUT2D eigenvalue weighted by atomic mass is 9.81. The summed E-state index contributed by atoms with van der Waals surface area (Å²) < 4.78 is 5.00. The van der Waals surface area contributed by atoms with Crippen molar-refractivity contribution < 1.29 is 14.6 Å². The van der Waals surface area contributed by atoms with Crippen LogP contribution in [0.3, 0.4) is 0 Å². The number of hydrogen-bond donors (Lipinski definition) is 2. The molecule has 1 aliphatic carbocycles. The Morgan fingerprint density at radius 2 is 2.37 bits per heavy atom. The quantitative estimate of drug-likeness (QED) is 0.702. The van der Waals surface area contributed by atoms with Crippen LogP contribution in [0, 0.1) is 0 Å². The van der Waals surface area contributed by atoms with Gasteiger partial charge >= 0.3 is 5.97 Å². The van der Waals surface area contributed by atoms with Crippen LogP contribution in [0.4, 0.5) is 0 Å². The topological polar surface area (TPSA) is 58.6 Å². The minimum absolute atomic E-state index is 0.130. The van der Waals surface area contributed by atoms with Crippen molar-refractivity contribution in [2.45, 2.75) is 62.0 Å². The summed E-state index contributed by atoms with van der Waals surface area (Å²) in [5.41, 5.74) is -0.502. The molecule has 0 aromatic heterocycles. The monoisotopic (exact) mass is 289 g/mol. The maximum atomic E-state index is 12.1. The molecule has 0 radical (unpaired) electrons. The third-order valence-corrected chi connectivity index (χ3v) is 5.25. The van der Waals surface area contributed by atoms with E-state index in [1.54, 1.807) is 0 Å². The van der Waals surface area contributed by atoms with Crippen LogP contribution in [0.15, 0.2) is 0 Å². The Balaban J connectivity index is 2.66. The Hall–Kier alpha value is -0.260. The van der Waals surface area contributed by atoms with Crippen molar-refractivity contribution in [3.05, 3.63) is 0 Å². The molecule has 5 heteroatoms. The number of methoxy groups -OCH3 is 1. The van der Waals surface area contributed by atoms with Crippen molar-refractivity contribution in [1.82, 2.24) is 5.32 Å². The van der Waals surface area contributed by atoms with Crippen LogP contribution >= 0.6 is 11.8 Å². The first-order chi connectivity index (χ1) is 9.07. The lowest BCUT2D eigenvalue weighted by molar-refractivity contribution is -0.150. The zero-order chi connectivity index (χ0) is 14.3. The number of likely N-dealkylation sites (N-methyl/N-ethyl adjacent to an activating group) is 1. The maximum Gasteiger partial charge on any atom is 0.326 e. The van der Waals surface area contributed by atoms with Gasteiger partial charge in [-0.2, -0.15) is 11.8 Å². The van der Waals surface area contributed by atoms with Crippen LogP contribution in [0.5, 0.6) is 0 Å². The highest BCUT2D eigenvalue weighted by molar-refractivity contribution is 8.00. The Bertz CT molecular complexity index is 284. The normalized spacial score (nSPS) is 28.9. The van der Waals surface area contributed by atoms with E-state index >= 15 is 0 Å². The van der Waals surface area contributed by atoms with Gasteiger partial charge in [-0.15, -0.1) is 0 Å². The summed E-state index contributed by atoms with van der Waals surface area (Å²) in [6.45, 7) is 5.17. The van der Waals surface area contributed by atoms with Gasteiger partial charge in [0.15, 0.2) is 0 Å². The molecular formula is C14H27NO3S. The van der Waals surface area contributed by atoms with Gasteiger partial charge in [0.05, 0.1) is 7.11 Å². The molecule has 3 unspecified atom stereocenters. The van der Waals surface area contributed by atoms with Crippen LogP contribution in [0.1, 0.15) is 46.0 Å². The lowest BCUT2D eigenvalue weighted by Gasteiger charge is -2.39. The Labute approximate surface area is 120 Å². The highest BCUT2D eigenvalue weighted by Crippen LogP contribution is 2.38. The molecule has 1 rings (SSSR count). The molecule has 0 amide bonds. The maximum absolute atomic E-state index is 12.1.